The molecule has 0 aromatic heterocycles. The summed E-state index contributed by atoms with van der Waals surface area (Å²) in [4.78, 5) is 0. The van der Waals surface area contributed by atoms with Crippen LogP contribution in [0.25, 0.3) is 0 Å². The van der Waals surface area contributed by atoms with Gasteiger partial charge in [0.05, 0.1) is 0 Å². The van der Waals surface area contributed by atoms with E-state index >= 15 is 0 Å². The smallest absolute Gasteiger partial charge is 0.0166 e. The summed E-state index contributed by atoms with van der Waals surface area (Å²) in [5.41, 5.74) is 6.35. The highest BCUT2D eigenvalue weighted by Gasteiger charge is 2.36. The third-order valence-electron chi connectivity index (χ3n) is 3.83. The van der Waals surface area contributed by atoms with Crippen LogP contribution in [0, 0.1) is 5.92 Å². The van der Waals surface area contributed by atoms with E-state index in [2.05, 4.69) is 12.2 Å². The van der Waals surface area contributed by atoms with Crippen molar-refractivity contribution in [3.8, 4) is 0 Å². The van der Waals surface area contributed by atoms with Gasteiger partial charge in [-0.05, 0) is 44.6 Å². The first-order valence-corrected chi connectivity index (χ1v) is 5.76. The molecule has 2 nitrogen and oxygen atoms in total. The number of hydrogen-bond donors (Lipinski definition) is 2. The summed E-state index contributed by atoms with van der Waals surface area (Å²) >= 11 is 0. The Bertz CT molecular complexity index is 175. The lowest BCUT2D eigenvalue weighted by Gasteiger charge is -2.38. The van der Waals surface area contributed by atoms with Gasteiger partial charge in [0.1, 0.15) is 0 Å². The third-order valence-corrected chi connectivity index (χ3v) is 3.83. The Balaban J connectivity index is 1.54. The second-order valence-corrected chi connectivity index (χ2v) is 4.93. The molecule has 0 aliphatic heterocycles. The van der Waals surface area contributed by atoms with Crippen molar-refractivity contribution in [1.29, 1.82) is 0 Å². The maximum absolute atomic E-state index is 6.14. The van der Waals surface area contributed by atoms with E-state index in [1.807, 2.05) is 0 Å². The first-order valence-electron chi connectivity index (χ1n) is 5.76. The molecule has 0 aromatic carbocycles. The molecule has 2 heteroatoms. The topological polar surface area (TPSA) is 38.0 Å². The fourth-order valence-corrected chi connectivity index (χ4v) is 2.34. The van der Waals surface area contributed by atoms with E-state index in [9.17, 15) is 0 Å². The average molecular weight is 182 g/mol. The quantitative estimate of drug-likeness (QED) is 0.678. The van der Waals surface area contributed by atoms with E-state index in [0.717, 1.165) is 18.5 Å². The lowest BCUT2D eigenvalue weighted by atomic mass is 9.75. The van der Waals surface area contributed by atoms with E-state index < -0.39 is 0 Å². The van der Waals surface area contributed by atoms with Crippen molar-refractivity contribution in [3.63, 3.8) is 0 Å². The molecule has 76 valence electrons. The standard InChI is InChI=1S/C11H22N2/c1-2-9-8-10(9)13-7-6-11(12)4-3-5-11/h9-10,13H,2-8,12H2,1H3. The van der Waals surface area contributed by atoms with E-state index in [1.54, 1.807) is 0 Å². The number of nitrogens with one attached hydrogen (secondary N) is 1. The van der Waals surface area contributed by atoms with Crippen molar-refractivity contribution < 1.29 is 0 Å². The molecular weight excluding hydrogens is 160 g/mol. The molecule has 2 saturated carbocycles. The predicted octanol–water partition coefficient (Wildman–Crippen LogP) is 1.65. The van der Waals surface area contributed by atoms with Crippen molar-refractivity contribution in [3.05, 3.63) is 0 Å². The molecule has 0 saturated heterocycles. The fraction of sp³-hybridized carbons (Fsp3) is 1.00. The second-order valence-electron chi connectivity index (χ2n) is 4.93. The van der Waals surface area contributed by atoms with Gasteiger partial charge >= 0.3 is 0 Å². The molecule has 2 aliphatic rings. The number of rotatable bonds is 5. The minimum absolute atomic E-state index is 0.212. The lowest BCUT2D eigenvalue weighted by Crippen LogP contribution is -2.48. The van der Waals surface area contributed by atoms with Crippen LogP contribution in [-0.4, -0.2) is 18.1 Å². The van der Waals surface area contributed by atoms with Crippen LogP contribution in [-0.2, 0) is 0 Å². The number of hydrogen-bond acceptors (Lipinski definition) is 2. The van der Waals surface area contributed by atoms with Gasteiger partial charge in [-0.2, -0.15) is 0 Å². The van der Waals surface area contributed by atoms with Gasteiger partial charge in [-0.15, -0.1) is 0 Å². The summed E-state index contributed by atoms with van der Waals surface area (Å²) in [7, 11) is 0. The van der Waals surface area contributed by atoms with Gasteiger partial charge in [0.15, 0.2) is 0 Å². The van der Waals surface area contributed by atoms with Crippen molar-refractivity contribution in [2.45, 2.75) is 57.0 Å². The van der Waals surface area contributed by atoms with Crippen molar-refractivity contribution >= 4 is 0 Å². The van der Waals surface area contributed by atoms with Crippen LogP contribution in [0.2, 0.25) is 0 Å². The van der Waals surface area contributed by atoms with Gasteiger partial charge in [0.25, 0.3) is 0 Å². The normalized spacial score (nSPS) is 35.5. The van der Waals surface area contributed by atoms with Gasteiger partial charge in [0, 0.05) is 11.6 Å². The van der Waals surface area contributed by atoms with E-state index in [4.69, 9.17) is 5.73 Å². The maximum Gasteiger partial charge on any atom is 0.0166 e. The van der Waals surface area contributed by atoms with E-state index in [0.29, 0.717) is 0 Å². The average Bonchev–Trinajstić information content (AvgIpc) is 2.80. The summed E-state index contributed by atoms with van der Waals surface area (Å²) in [5, 5.41) is 3.60. The molecule has 2 atom stereocenters. The van der Waals surface area contributed by atoms with Crippen LogP contribution in [0.4, 0.5) is 0 Å². The van der Waals surface area contributed by atoms with Crippen molar-refractivity contribution in [2.24, 2.45) is 11.7 Å². The Labute approximate surface area is 81.3 Å². The summed E-state index contributed by atoms with van der Waals surface area (Å²) in [5.74, 6) is 0.968. The summed E-state index contributed by atoms with van der Waals surface area (Å²) < 4.78 is 0. The molecule has 2 rings (SSSR count). The molecular formula is C11H22N2. The molecule has 2 unspecified atom stereocenters. The van der Waals surface area contributed by atoms with Crippen LogP contribution in [0.5, 0.6) is 0 Å². The number of nitrogens with two attached hydrogens (primary N) is 1. The van der Waals surface area contributed by atoms with Crippen LogP contribution in [0.3, 0.4) is 0 Å². The summed E-state index contributed by atoms with van der Waals surface area (Å²) in [6.07, 6.45) is 7.75. The Morgan fingerprint density at radius 1 is 1.46 bits per heavy atom. The zero-order chi connectivity index (χ0) is 9.31. The largest absolute Gasteiger partial charge is 0.325 e. The van der Waals surface area contributed by atoms with Crippen LogP contribution in [0.1, 0.15) is 45.4 Å². The van der Waals surface area contributed by atoms with Crippen molar-refractivity contribution in [2.75, 3.05) is 6.54 Å². The molecule has 0 heterocycles. The Hall–Kier alpha value is -0.0800. The molecule has 0 amide bonds. The summed E-state index contributed by atoms with van der Waals surface area (Å²) in [6.45, 7) is 3.42. The zero-order valence-electron chi connectivity index (χ0n) is 8.68. The first-order chi connectivity index (χ1) is 6.23. The zero-order valence-corrected chi connectivity index (χ0v) is 8.68. The molecule has 2 fully saturated rings. The van der Waals surface area contributed by atoms with E-state index in [1.165, 1.54) is 38.5 Å². The Morgan fingerprint density at radius 2 is 2.23 bits per heavy atom. The van der Waals surface area contributed by atoms with Crippen LogP contribution >= 0.6 is 0 Å². The van der Waals surface area contributed by atoms with Crippen LogP contribution < -0.4 is 11.1 Å². The fourth-order valence-electron chi connectivity index (χ4n) is 2.34. The third kappa shape index (κ3) is 2.23. The van der Waals surface area contributed by atoms with Gasteiger partial charge in [-0.3, -0.25) is 0 Å². The SMILES string of the molecule is CCC1CC1NCCC1(N)CCC1. The van der Waals surface area contributed by atoms with Gasteiger partial charge < -0.3 is 11.1 Å². The minimum Gasteiger partial charge on any atom is -0.325 e. The Kier molecular flexibility index (Phi) is 2.61. The molecule has 3 N–H and O–H groups in total. The van der Waals surface area contributed by atoms with Gasteiger partial charge in [-0.25, -0.2) is 0 Å². The molecule has 0 radical (unpaired) electrons. The minimum atomic E-state index is 0.212. The highest BCUT2D eigenvalue weighted by atomic mass is 15.0. The molecule has 0 spiro atoms. The van der Waals surface area contributed by atoms with Crippen molar-refractivity contribution in [1.82, 2.24) is 5.32 Å². The molecule has 13 heavy (non-hydrogen) atoms. The lowest BCUT2D eigenvalue weighted by molar-refractivity contribution is 0.229. The monoisotopic (exact) mass is 182 g/mol. The highest BCUT2D eigenvalue weighted by molar-refractivity contribution is 4.96. The van der Waals surface area contributed by atoms with E-state index in [-0.39, 0.29) is 5.54 Å². The highest BCUT2D eigenvalue weighted by Crippen LogP contribution is 2.34. The first kappa shape index (κ1) is 9.47. The molecule has 0 aromatic rings. The Morgan fingerprint density at radius 3 is 2.69 bits per heavy atom. The van der Waals surface area contributed by atoms with Gasteiger partial charge in [-0.1, -0.05) is 13.3 Å². The summed E-state index contributed by atoms with van der Waals surface area (Å²) in [6, 6.07) is 0.827. The van der Waals surface area contributed by atoms with Gasteiger partial charge in [0.2, 0.25) is 0 Å². The van der Waals surface area contributed by atoms with Crippen LogP contribution in [0.15, 0.2) is 0 Å². The maximum atomic E-state index is 6.14. The molecule has 2 aliphatic carbocycles. The second kappa shape index (κ2) is 3.58. The molecule has 0 bridgehead atoms. The predicted molar refractivity (Wildman–Crippen MR) is 55.6 cm³/mol.